The van der Waals surface area contributed by atoms with Gasteiger partial charge in [0.05, 0.1) is 38.6 Å². The number of hydrogen-bond donors (Lipinski definition) is 1. The molecular formula is C23H27NO7. The minimum Gasteiger partial charge on any atom is -0.493 e. The number of benzene rings is 2. The number of esters is 2. The lowest BCUT2D eigenvalue weighted by Crippen LogP contribution is -2.15. The van der Waals surface area contributed by atoms with E-state index in [-0.39, 0.29) is 36.7 Å². The van der Waals surface area contributed by atoms with Gasteiger partial charge >= 0.3 is 11.9 Å². The van der Waals surface area contributed by atoms with Crippen LogP contribution in [0.3, 0.4) is 0 Å². The van der Waals surface area contributed by atoms with Crippen LogP contribution in [0.15, 0.2) is 36.4 Å². The Balaban J connectivity index is 2.18. The standard InChI is InChI=1S/C23H27NO7/c1-5-30-22(26)16-12-17(23(27)31-6-2)14-18(13-16)24-20(25)11-10-15-8-7-9-19(28-3)21(15)29-4/h7-9,12-14H,5-6,10-11H2,1-4H3,(H,24,25). The molecule has 0 radical (unpaired) electrons. The van der Waals surface area contributed by atoms with E-state index in [0.717, 1.165) is 5.56 Å². The molecule has 0 saturated carbocycles. The molecule has 2 rings (SSSR count). The van der Waals surface area contributed by atoms with Crippen LogP contribution in [-0.4, -0.2) is 45.3 Å². The van der Waals surface area contributed by atoms with E-state index >= 15 is 0 Å². The Hall–Kier alpha value is -3.55. The molecule has 0 spiro atoms. The minimum absolute atomic E-state index is 0.150. The van der Waals surface area contributed by atoms with E-state index in [1.807, 2.05) is 12.1 Å². The number of hydrogen-bond acceptors (Lipinski definition) is 7. The molecule has 31 heavy (non-hydrogen) atoms. The molecule has 0 aliphatic carbocycles. The molecule has 0 aromatic heterocycles. The lowest BCUT2D eigenvalue weighted by molar-refractivity contribution is -0.116. The highest BCUT2D eigenvalue weighted by molar-refractivity contribution is 5.99. The first-order valence-corrected chi connectivity index (χ1v) is 9.92. The molecule has 0 aliphatic rings. The molecule has 0 unspecified atom stereocenters. The SMILES string of the molecule is CCOC(=O)c1cc(NC(=O)CCc2cccc(OC)c2OC)cc(C(=O)OCC)c1. The number of rotatable bonds is 10. The average Bonchev–Trinajstić information content (AvgIpc) is 2.77. The molecule has 0 atom stereocenters. The third kappa shape index (κ3) is 6.47. The summed E-state index contributed by atoms with van der Waals surface area (Å²) in [5.41, 5.74) is 1.43. The summed E-state index contributed by atoms with van der Waals surface area (Å²) >= 11 is 0. The van der Waals surface area contributed by atoms with Crippen molar-refractivity contribution in [2.75, 3.05) is 32.8 Å². The summed E-state index contributed by atoms with van der Waals surface area (Å²) in [6.45, 7) is 3.74. The number of methoxy groups -OCH3 is 2. The van der Waals surface area contributed by atoms with Crippen LogP contribution < -0.4 is 14.8 Å². The van der Waals surface area contributed by atoms with Gasteiger partial charge in [0.25, 0.3) is 0 Å². The molecule has 0 saturated heterocycles. The van der Waals surface area contributed by atoms with Gasteiger partial charge in [-0.2, -0.15) is 0 Å². The fourth-order valence-electron chi connectivity index (χ4n) is 2.99. The van der Waals surface area contributed by atoms with Crippen molar-refractivity contribution in [3.8, 4) is 11.5 Å². The summed E-state index contributed by atoms with van der Waals surface area (Å²) in [4.78, 5) is 36.8. The first-order valence-electron chi connectivity index (χ1n) is 9.92. The predicted molar refractivity (Wildman–Crippen MR) is 115 cm³/mol. The van der Waals surface area contributed by atoms with Gasteiger partial charge in [-0.05, 0) is 50.1 Å². The maximum absolute atomic E-state index is 12.5. The van der Waals surface area contributed by atoms with E-state index in [1.54, 1.807) is 34.1 Å². The summed E-state index contributed by atoms with van der Waals surface area (Å²) in [6.07, 6.45) is 0.566. The summed E-state index contributed by atoms with van der Waals surface area (Å²) < 4.78 is 20.7. The molecular weight excluding hydrogens is 402 g/mol. The van der Waals surface area contributed by atoms with Crippen LogP contribution >= 0.6 is 0 Å². The van der Waals surface area contributed by atoms with Crippen molar-refractivity contribution in [1.29, 1.82) is 0 Å². The number of para-hydroxylation sites is 1. The smallest absolute Gasteiger partial charge is 0.338 e. The van der Waals surface area contributed by atoms with Crippen LogP contribution in [0.5, 0.6) is 11.5 Å². The summed E-state index contributed by atoms with van der Waals surface area (Å²) in [6, 6.07) is 9.76. The minimum atomic E-state index is -0.592. The highest BCUT2D eigenvalue weighted by atomic mass is 16.5. The maximum Gasteiger partial charge on any atom is 0.338 e. The Labute approximate surface area is 181 Å². The average molecular weight is 429 g/mol. The van der Waals surface area contributed by atoms with Crippen molar-refractivity contribution in [3.63, 3.8) is 0 Å². The molecule has 0 aliphatic heterocycles. The zero-order valence-corrected chi connectivity index (χ0v) is 18.2. The first kappa shape index (κ1) is 23.7. The van der Waals surface area contributed by atoms with Gasteiger partial charge in [0, 0.05) is 12.1 Å². The van der Waals surface area contributed by atoms with Crippen molar-refractivity contribution < 1.29 is 33.3 Å². The van der Waals surface area contributed by atoms with Gasteiger partial charge in [0.15, 0.2) is 11.5 Å². The van der Waals surface area contributed by atoms with Crippen LogP contribution in [0.2, 0.25) is 0 Å². The molecule has 0 fully saturated rings. The zero-order chi connectivity index (χ0) is 22.8. The number of aryl methyl sites for hydroxylation is 1. The second-order valence-corrected chi connectivity index (χ2v) is 6.44. The van der Waals surface area contributed by atoms with Crippen LogP contribution in [0.1, 0.15) is 46.5 Å². The van der Waals surface area contributed by atoms with Crippen molar-refractivity contribution in [2.24, 2.45) is 0 Å². The van der Waals surface area contributed by atoms with Crippen molar-refractivity contribution >= 4 is 23.5 Å². The van der Waals surface area contributed by atoms with Crippen LogP contribution in [0, 0.1) is 0 Å². The molecule has 1 amide bonds. The first-order chi connectivity index (χ1) is 14.9. The third-order valence-corrected chi connectivity index (χ3v) is 4.34. The summed E-state index contributed by atoms with van der Waals surface area (Å²) in [5, 5.41) is 2.73. The van der Waals surface area contributed by atoms with E-state index in [9.17, 15) is 14.4 Å². The van der Waals surface area contributed by atoms with Crippen LogP contribution in [0.4, 0.5) is 5.69 Å². The van der Waals surface area contributed by atoms with Gasteiger partial charge in [-0.1, -0.05) is 12.1 Å². The predicted octanol–water partition coefficient (Wildman–Crippen LogP) is 3.63. The largest absolute Gasteiger partial charge is 0.493 e. The second-order valence-electron chi connectivity index (χ2n) is 6.44. The number of amides is 1. The molecule has 2 aromatic rings. The van der Waals surface area contributed by atoms with Gasteiger partial charge in [0.1, 0.15) is 0 Å². The quantitative estimate of drug-likeness (QED) is 0.576. The number of anilines is 1. The maximum atomic E-state index is 12.5. The number of ether oxygens (including phenoxy) is 4. The Kier molecular flexibility index (Phi) is 8.87. The van der Waals surface area contributed by atoms with Crippen molar-refractivity contribution in [1.82, 2.24) is 0 Å². The van der Waals surface area contributed by atoms with Crippen LogP contribution in [0.25, 0.3) is 0 Å². The van der Waals surface area contributed by atoms with Gasteiger partial charge in [-0.15, -0.1) is 0 Å². The second kappa shape index (κ2) is 11.6. The fraction of sp³-hybridized carbons (Fsp3) is 0.348. The fourth-order valence-corrected chi connectivity index (χ4v) is 2.99. The zero-order valence-electron chi connectivity index (χ0n) is 18.2. The summed E-state index contributed by atoms with van der Waals surface area (Å²) in [5.74, 6) is -0.315. The van der Waals surface area contributed by atoms with E-state index in [2.05, 4.69) is 5.32 Å². The van der Waals surface area contributed by atoms with Gasteiger partial charge in [-0.25, -0.2) is 9.59 Å². The van der Waals surface area contributed by atoms with Gasteiger partial charge < -0.3 is 24.3 Å². The molecule has 166 valence electrons. The molecule has 8 nitrogen and oxygen atoms in total. The van der Waals surface area contributed by atoms with Crippen molar-refractivity contribution in [2.45, 2.75) is 26.7 Å². The molecule has 0 heterocycles. The van der Waals surface area contributed by atoms with E-state index in [0.29, 0.717) is 23.6 Å². The van der Waals surface area contributed by atoms with Crippen molar-refractivity contribution in [3.05, 3.63) is 53.1 Å². The van der Waals surface area contributed by atoms with Gasteiger partial charge in [0.2, 0.25) is 5.91 Å². The van der Waals surface area contributed by atoms with Crippen LogP contribution in [-0.2, 0) is 20.7 Å². The van der Waals surface area contributed by atoms with Gasteiger partial charge in [-0.3, -0.25) is 4.79 Å². The Morgan fingerprint density at radius 1 is 0.871 bits per heavy atom. The summed E-state index contributed by atoms with van der Waals surface area (Å²) in [7, 11) is 3.09. The highest BCUT2D eigenvalue weighted by Gasteiger charge is 2.16. The number of nitrogens with one attached hydrogen (secondary N) is 1. The number of carbonyl (C=O) groups is 3. The third-order valence-electron chi connectivity index (χ3n) is 4.34. The molecule has 0 bridgehead atoms. The monoisotopic (exact) mass is 429 g/mol. The Morgan fingerprint density at radius 2 is 1.48 bits per heavy atom. The molecule has 2 aromatic carbocycles. The molecule has 8 heteroatoms. The topological polar surface area (TPSA) is 100 Å². The Morgan fingerprint density at radius 3 is 2.00 bits per heavy atom. The van der Waals surface area contributed by atoms with E-state index in [1.165, 1.54) is 18.2 Å². The molecule has 1 N–H and O–H groups in total. The van der Waals surface area contributed by atoms with E-state index < -0.39 is 11.9 Å². The lowest BCUT2D eigenvalue weighted by Gasteiger charge is -2.13. The Bertz CT molecular complexity index is 903. The number of carbonyl (C=O) groups excluding carboxylic acids is 3. The normalized spacial score (nSPS) is 10.2. The highest BCUT2D eigenvalue weighted by Crippen LogP contribution is 2.31. The lowest BCUT2D eigenvalue weighted by atomic mass is 10.1. The van der Waals surface area contributed by atoms with E-state index in [4.69, 9.17) is 18.9 Å².